The maximum absolute atomic E-state index is 13.4. The van der Waals surface area contributed by atoms with E-state index in [9.17, 15) is 44.7 Å². The fourth-order valence-corrected chi connectivity index (χ4v) is 9.00. The topological polar surface area (TPSA) is 303 Å². The van der Waals surface area contributed by atoms with E-state index in [4.69, 9.17) is 24.3 Å². The number of aliphatic carboxylic acids is 1. The Labute approximate surface area is 479 Å². The molecule has 1 aliphatic heterocycles. The Morgan fingerprint density at radius 3 is 2.21 bits per heavy atom. The van der Waals surface area contributed by atoms with E-state index in [0.29, 0.717) is 67.2 Å². The average molecular weight is 1130 g/mol. The lowest BCUT2D eigenvalue weighted by Crippen LogP contribution is -2.53. The average Bonchev–Trinajstić information content (AvgIpc) is 3.55. The Hall–Kier alpha value is -7.75. The van der Waals surface area contributed by atoms with Crippen molar-refractivity contribution in [1.82, 2.24) is 26.4 Å². The number of rotatable bonds is 35. The van der Waals surface area contributed by atoms with Crippen molar-refractivity contribution >= 4 is 41.7 Å². The van der Waals surface area contributed by atoms with E-state index >= 15 is 0 Å². The molecule has 0 spiro atoms. The minimum absolute atomic E-state index is 0.129. The summed E-state index contributed by atoms with van der Waals surface area (Å²) in [6, 6.07) is 26.1. The summed E-state index contributed by atoms with van der Waals surface area (Å²) < 4.78 is 18.5. The molecule has 0 fully saturated rings. The van der Waals surface area contributed by atoms with Gasteiger partial charge >= 0.3 is 5.97 Å². The van der Waals surface area contributed by atoms with Crippen molar-refractivity contribution in [1.29, 1.82) is 0 Å². The van der Waals surface area contributed by atoms with Crippen LogP contribution in [-0.4, -0.2) is 142 Å². The van der Waals surface area contributed by atoms with Gasteiger partial charge in [0.2, 0.25) is 23.6 Å². The number of hydrazone groups is 1. The number of ether oxygens (including phenoxy) is 3. The lowest BCUT2D eigenvalue weighted by atomic mass is 9.93. The predicted molar refractivity (Wildman–Crippen MR) is 312 cm³/mol. The number of amides is 3. The summed E-state index contributed by atoms with van der Waals surface area (Å²) in [4.78, 5) is 60.5. The second-order valence-electron chi connectivity index (χ2n) is 20.4. The number of hydrogen-bond acceptors (Lipinski definition) is 16. The molecular formula is C62H79N7O13. The molecule has 2 heterocycles. The van der Waals surface area contributed by atoms with E-state index in [1.54, 1.807) is 30.5 Å². The Kier molecular flexibility index (Phi) is 26.2. The number of carbonyl (C=O) groups excluding carboxylic acids is 3. The highest BCUT2D eigenvalue weighted by Crippen LogP contribution is 2.32. The molecule has 0 saturated heterocycles. The number of hydrogen-bond donors (Lipinski definition) is 10. The van der Waals surface area contributed by atoms with Gasteiger partial charge in [0.15, 0.2) is 0 Å². The minimum Gasteiger partial charge on any atom is -0.493 e. The van der Waals surface area contributed by atoms with Crippen LogP contribution in [0.3, 0.4) is 0 Å². The molecule has 10 N–H and O–H groups in total. The smallest absolute Gasteiger partial charge is 0.303 e. The highest BCUT2D eigenvalue weighted by Gasteiger charge is 2.32. The van der Waals surface area contributed by atoms with Gasteiger partial charge in [-0.2, -0.15) is 5.10 Å². The van der Waals surface area contributed by atoms with E-state index in [0.717, 1.165) is 59.2 Å². The van der Waals surface area contributed by atoms with Crippen LogP contribution < -0.4 is 35.6 Å². The number of aliphatic imine (C=N–C) groups is 1. The molecule has 6 rings (SSSR count). The van der Waals surface area contributed by atoms with Crippen LogP contribution in [0.15, 0.2) is 125 Å². The van der Waals surface area contributed by atoms with Crippen LogP contribution in [0.1, 0.15) is 99.8 Å². The minimum atomic E-state index is -1.90. The van der Waals surface area contributed by atoms with Crippen LogP contribution in [0.4, 0.5) is 0 Å². The Morgan fingerprint density at radius 2 is 1.50 bits per heavy atom. The van der Waals surface area contributed by atoms with Crippen LogP contribution in [0, 0.1) is 18.8 Å². The van der Waals surface area contributed by atoms with Gasteiger partial charge in [0.05, 0.1) is 50.4 Å². The number of aromatic nitrogens is 1. The van der Waals surface area contributed by atoms with Crippen LogP contribution in [0.5, 0.6) is 17.4 Å². The van der Waals surface area contributed by atoms with E-state index in [-0.39, 0.29) is 51.2 Å². The molecule has 2 aliphatic rings. The van der Waals surface area contributed by atoms with Gasteiger partial charge in [-0.25, -0.2) is 9.98 Å². The third kappa shape index (κ3) is 21.0. The summed E-state index contributed by atoms with van der Waals surface area (Å²) in [5, 5.41) is 71.4. The van der Waals surface area contributed by atoms with Crippen molar-refractivity contribution in [2.24, 2.45) is 21.9 Å². The Morgan fingerprint density at radius 1 is 0.780 bits per heavy atom. The highest BCUT2D eigenvalue weighted by molar-refractivity contribution is 5.97. The van der Waals surface area contributed by atoms with Gasteiger partial charge < -0.3 is 60.8 Å². The predicted octanol–water partition coefficient (Wildman–Crippen LogP) is 5.72. The van der Waals surface area contributed by atoms with Crippen molar-refractivity contribution in [3.63, 3.8) is 0 Å². The summed E-state index contributed by atoms with van der Waals surface area (Å²) in [7, 11) is 0. The zero-order chi connectivity index (χ0) is 58.6. The van der Waals surface area contributed by atoms with E-state index in [1.165, 1.54) is 6.21 Å². The van der Waals surface area contributed by atoms with Crippen LogP contribution in [0.2, 0.25) is 0 Å². The van der Waals surface area contributed by atoms with Crippen molar-refractivity contribution in [2.75, 3.05) is 39.5 Å². The number of aryl methyl sites for hydroxylation is 1. The van der Waals surface area contributed by atoms with Gasteiger partial charge in [-0.1, -0.05) is 85.8 Å². The maximum atomic E-state index is 13.4. The summed E-state index contributed by atoms with van der Waals surface area (Å²) >= 11 is 0. The Bertz CT molecular complexity index is 2860. The summed E-state index contributed by atoms with van der Waals surface area (Å²) in [6.45, 7) is 4.08. The molecule has 440 valence electrons. The van der Waals surface area contributed by atoms with Crippen LogP contribution >= 0.6 is 0 Å². The third-order valence-electron chi connectivity index (χ3n) is 13.8. The number of carboxylic acids is 1. The van der Waals surface area contributed by atoms with Crippen LogP contribution in [0.25, 0.3) is 16.8 Å². The zero-order valence-corrected chi connectivity index (χ0v) is 46.7. The summed E-state index contributed by atoms with van der Waals surface area (Å²) in [6.07, 6.45) is 9.32. The Balaban J connectivity index is 0.924. The number of unbranched alkanes of at least 4 members (excludes halogenated alkanes) is 3. The SMILES string of the molecule is Cc1ccccc1/C=N/NC1=CCC(C(=O)NC(CCCCNC(=O)CCCOc2cccc(OCCCCCOc3cc(C4=CC(C)CC=C4)cc(-c4ccccc4)n3)c2CCC(=O)O)C(=O)NCC(O)C(O)C(O)C(O)CO)C=N1. The molecule has 3 amide bonds. The molecule has 0 radical (unpaired) electrons. The fourth-order valence-electron chi connectivity index (χ4n) is 9.00. The number of allylic oxidation sites excluding steroid dienone is 5. The number of pyridine rings is 1. The number of benzene rings is 3. The number of aliphatic hydroxyl groups excluding tert-OH is 5. The quantitative estimate of drug-likeness (QED) is 0.0150. The van der Waals surface area contributed by atoms with Crippen molar-refractivity contribution < 1.29 is 64.0 Å². The van der Waals surface area contributed by atoms with Gasteiger partial charge in [0, 0.05) is 49.3 Å². The fraction of sp³-hybridized carbons (Fsp3) is 0.435. The van der Waals surface area contributed by atoms with Crippen LogP contribution in [-0.2, 0) is 25.6 Å². The number of nitrogens with one attached hydrogen (secondary N) is 4. The van der Waals surface area contributed by atoms with E-state index < -0.39 is 67.3 Å². The molecule has 20 heteroatoms. The van der Waals surface area contributed by atoms with E-state index in [1.807, 2.05) is 67.6 Å². The standard InChI is InChI=1S/C62H79N7O13/c1-41-16-13-21-44(34-41)47-35-50(43-18-5-3-6-19-43)67-57(36-47)82-32-12-4-11-31-80-53-23-14-24-54(48(53)27-29-58(74)75)81-33-15-25-56(73)63-30-10-9-22-49(62(79)65-39-51(71)59(76)60(77)52(72)40-70)68-61(78)46-26-28-55(64-37-46)69-66-38-45-20-8-7-17-42(45)2/h3,5-8,13-14,17-21,23-24,28,34-38,41,46,49,51-52,59-60,69-72,76-77H,4,9-12,15-16,22,25-27,29-33,39-40H2,1-2H3,(H,63,73)(H,65,79)(H,68,78)(H,74,75)/b66-38+. The first-order valence-corrected chi connectivity index (χ1v) is 28.1. The molecule has 0 bridgehead atoms. The number of carbonyl (C=O) groups is 4. The monoisotopic (exact) mass is 1130 g/mol. The van der Waals surface area contributed by atoms with Crippen molar-refractivity contribution in [2.45, 2.75) is 121 Å². The second kappa shape index (κ2) is 33.9. The van der Waals surface area contributed by atoms with E-state index in [2.05, 4.69) is 62.7 Å². The molecule has 4 aromatic rings. The third-order valence-corrected chi connectivity index (χ3v) is 13.8. The second-order valence-corrected chi connectivity index (χ2v) is 20.4. The maximum Gasteiger partial charge on any atom is 0.303 e. The van der Waals surface area contributed by atoms with Crippen molar-refractivity contribution in [3.05, 3.63) is 137 Å². The largest absolute Gasteiger partial charge is 0.493 e. The molecule has 7 atom stereocenters. The van der Waals surface area contributed by atoms with Gasteiger partial charge in [-0.3, -0.25) is 24.6 Å². The molecule has 1 aliphatic carbocycles. The lowest BCUT2D eigenvalue weighted by Gasteiger charge is -2.27. The normalized spacial score (nSPS) is 16.7. The highest BCUT2D eigenvalue weighted by atomic mass is 16.5. The molecule has 82 heavy (non-hydrogen) atoms. The molecular weight excluding hydrogens is 1050 g/mol. The van der Waals surface area contributed by atoms with Gasteiger partial charge in [-0.15, -0.1) is 0 Å². The first kappa shape index (κ1) is 63.4. The van der Waals surface area contributed by atoms with Gasteiger partial charge in [0.25, 0.3) is 0 Å². The zero-order valence-electron chi connectivity index (χ0n) is 46.7. The first-order valence-electron chi connectivity index (χ1n) is 28.1. The number of carboxylic acid groups (broad SMARTS) is 1. The molecule has 1 aromatic heterocycles. The number of nitrogens with zero attached hydrogens (tertiary/aromatic N) is 3. The van der Waals surface area contributed by atoms with Gasteiger partial charge in [-0.05, 0) is 124 Å². The molecule has 3 aromatic carbocycles. The number of aliphatic hydroxyl groups is 5. The molecule has 20 nitrogen and oxygen atoms in total. The molecule has 0 saturated carbocycles. The first-order chi connectivity index (χ1) is 39.7. The van der Waals surface area contributed by atoms with Crippen molar-refractivity contribution in [3.8, 4) is 28.6 Å². The summed E-state index contributed by atoms with van der Waals surface area (Å²) in [5.41, 5.74) is 9.54. The van der Waals surface area contributed by atoms with Gasteiger partial charge in [0.1, 0.15) is 41.7 Å². The molecule has 7 unspecified atom stereocenters. The summed E-state index contributed by atoms with van der Waals surface area (Å²) in [5.74, 6) is -0.614. The lowest BCUT2D eigenvalue weighted by molar-refractivity contribution is -0.137.